The monoisotopic (exact) mass is 411 g/mol. The minimum atomic E-state index is -2.71. The van der Waals surface area contributed by atoms with Gasteiger partial charge < -0.3 is 9.47 Å². The topological polar surface area (TPSA) is 56.0 Å². The van der Waals surface area contributed by atoms with Crippen LogP contribution in [0.5, 0.6) is 0 Å². The predicted molar refractivity (Wildman–Crippen MR) is 110 cm³/mol. The zero-order valence-corrected chi connectivity index (χ0v) is 16.8. The van der Waals surface area contributed by atoms with Gasteiger partial charge in [0.25, 0.3) is 11.8 Å². The number of hydrogen-bond acceptors (Lipinski definition) is 3. The number of pyridine rings is 1. The Morgan fingerprint density at radius 3 is 2.70 bits per heavy atom. The van der Waals surface area contributed by atoms with Crippen LogP contribution in [0, 0.1) is 6.92 Å². The molecule has 1 fully saturated rings. The Morgan fingerprint density at radius 2 is 2.03 bits per heavy atom. The van der Waals surface area contributed by atoms with Gasteiger partial charge in [0.05, 0.1) is 17.6 Å². The lowest BCUT2D eigenvalue weighted by Crippen LogP contribution is -2.42. The van der Waals surface area contributed by atoms with Crippen LogP contribution in [0.3, 0.4) is 0 Å². The number of aryl methyl sites for hydroxylation is 1. The fourth-order valence-corrected chi connectivity index (χ4v) is 3.53. The number of hydrogen-bond donors (Lipinski definition) is 0. The van der Waals surface area contributed by atoms with Crippen molar-refractivity contribution in [1.82, 2.24) is 24.2 Å². The van der Waals surface area contributed by atoms with E-state index in [2.05, 4.69) is 16.7 Å². The number of likely N-dealkylation sites (tertiary alicyclic amines) is 1. The summed E-state index contributed by atoms with van der Waals surface area (Å²) in [7, 11) is 0. The lowest BCUT2D eigenvalue weighted by molar-refractivity contribution is -0.0495. The third kappa shape index (κ3) is 4.03. The SMILES string of the molecule is C=CCn1ccc(-c2cc(C(=O)N3CCC(F)(F)CC3)nn2-c2ccc(C)nc2)c1. The van der Waals surface area contributed by atoms with Crippen LogP contribution < -0.4 is 0 Å². The van der Waals surface area contributed by atoms with Crippen LogP contribution in [0.2, 0.25) is 0 Å². The maximum Gasteiger partial charge on any atom is 0.274 e. The normalized spacial score (nSPS) is 15.9. The quantitative estimate of drug-likeness (QED) is 0.594. The van der Waals surface area contributed by atoms with E-state index in [0.29, 0.717) is 6.54 Å². The molecule has 4 rings (SSSR count). The Balaban J connectivity index is 1.71. The Labute approximate surface area is 173 Å². The third-order valence-electron chi connectivity index (χ3n) is 5.24. The van der Waals surface area contributed by atoms with E-state index in [9.17, 15) is 13.6 Å². The number of alkyl halides is 2. The summed E-state index contributed by atoms with van der Waals surface area (Å²) in [6.07, 6.45) is 6.73. The van der Waals surface area contributed by atoms with E-state index in [1.54, 1.807) is 23.0 Å². The molecule has 3 aromatic rings. The number of nitrogens with zero attached hydrogens (tertiary/aromatic N) is 5. The van der Waals surface area contributed by atoms with E-state index in [-0.39, 0.29) is 37.5 Å². The minimum absolute atomic E-state index is 0.0236. The Morgan fingerprint density at radius 1 is 1.27 bits per heavy atom. The Kier molecular flexibility index (Phi) is 5.24. The van der Waals surface area contributed by atoms with Crippen LogP contribution in [0.4, 0.5) is 8.78 Å². The van der Waals surface area contributed by atoms with E-state index in [0.717, 1.165) is 22.6 Å². The molecule has 3 aromatic heterocycles. The van der Waals surface area contributed by atoms with Crippen LogP contribution in [-0.4, -0.2) is 49.2 Å². The summed E-state index contributed by atoms with van der Waals surface area (Å²) in [5.74, 6) is -3.04. The minimum Gasteiger partial charge on any atom is -0.350 e. The Bertz CT molecular complexity index is 1060. The molecular formula is C22H23F2N5O. The predicted octanol–water partition coefficient (Wildman–Crippen LogP) is 4.10. The van der Waals surface area contributed by atoms with Crippen molar-refractivity contribution in [3.63, 3.8) is 0 Å². The summed E-state index contributed by atoms with van der Waals surface area (Å²) in [6, 6.07) is 7.41. The fourth-order valence-electron chi connectivity index (χ4n) is 3.53. The van der Waals surface area contributed by atoms with Crippen molar-refractivity contribution in [2.45, 2.75) is 32.2 Å². The second-order valence-electron chi connectivity index (χ2n) is 7.52. The third-order valence-corrected chi connectivity index (χ3v) is 5.24. The molecule has 156 valence electrons. The molecule has 0 aliphatic carbocycles. The average Bonchev–Trinajstić information content (AvgIpc) is 3.35. The number of allylic oxidation sites excluding steroid dienone is 1. The molecule has 0 radical (unpaired) electrons. The van der Waals surface area contributed by atoms with Gasteiger partial charge in [-0.25, -0.2) is 13.5 Å². The highest BCUT2D eigenvalue weighted by Gasteiger charge is 2.36. The molecule has 4 heterocycles. The number of carbonyl (C=O) groups is 1. The highest BCUT2D eigenvalue weighted by molar-refractivity contribution is 5.93. The van der Waals surface area contributed by atoms with Gasteiger partial charge in [0.1, 0.15) is 0 Å². The lowest BCUT2D eigenvalue weighted by Gasteiger charge is -2.31. The highest BCUT2D eigenvalue weighted by Crippen LogP contribution is 2.29. The van der Waals surface area contributed by atoms with E-state index < -0.39 is 5.92 Å². The van der Waals surface area contributed by atoms with Gasteiger partial charge in [-0.3, -0.25) is 9.78 Å². The van der Waals surface area contributed by atoms with Crippen molar-refractivity contribution in [2.24, 2.45) is 0 Å². The summed E-state index contributed by atoms with van der Waals surface area (Å²) in [5.41, 5.74) is 3.43. The number of aromatic nitrogens is 4. The van der Waals surface area contributed by atoms with Gasteiger partial charge in [-0.15, -0.1) is 6.58 Å². The molecule has 0 atom stereocenters. The van der Waals surface area contributed by atoms with Gasteiger partial charge in [-0.05, 0) is 31.2 Å². The molecule has 0 aromatic carbocycles. The molecule has 30 heavy (non-hydrogen) atoms. The van der Waals surface area contributed by atoms with Gasteiger partial charge in [0.15, 0.2) is 5.69 Å². The van der Waals surface area contributed by atoms with Crippen LogP contribution in [0.25, 0.3) is 16.9 Å². The molecule has 0 spiro atoms. The number of halogens is 2. The first kappa shape index (κ1) is 20.0. The van der Waals surface area contributed by atoms with Crippen molar-refractivity contribution in [2.75, 3.05) is 13.1 Å². The number of piperidine rings is 1. The van der Waals surface area contributed by atoms with Gasteiger partial charge in [0.2, 0.25) is 0 Å². The van der Waals surface area contributed by atoms with Gasteiger partial charge >= 0.3 is 0 Å². The molecular weight excluding hydrogens is 388 g/mol. The maximum atomic E-state index is 13.5. The van der Waals surface area contributed by atoms with E-state index >= 15 is 0 Å². The molecule has 1 saturated heterocycles. The molecule has 1 amide bonds. The molecule has 0 bridgehead atoms. The summed E-state index contributed by atoms with van der Waals surface area (Å²) < 4.78 is 30.6. The van der Waals surface area contributed by atoms with Gasteiger partial charge in [-0.2, -0.15) is 5.10 Å². The number of amides is 1. The zero-order chi connectivity index (χ0) is 21.3. The summed E-state index contributed by atoms with van der Waals surface area (Å²) in [4.78, 5) is 18.7. The van der Waals surface area contributed by atoms with Crippen LogP contribution in [0.1, 0.15) is 29.0 Å². The standard InChI is InChI=1S/C22H23F2N5O/c1-3-9-27-10-6-17(15-27)20-13-19(21(30)28-11-7-22(23,24)8-12-28)26-29(20)18-5-4-16(2)25-14-18/h3-6,10,13-15H,1,7-9,11-12H2,2H3. The summed E-state index contributed by atoms with van der Waals surface area (Å²) in [5, 5.41) is 4.52. The highest BCUT2D eigenvalue weighted by atomic mass is 19.3. The second-order valence-corrected chi connectivity index (χ2v) is 7.52. The van der Waals surface area contributed by atoms with Crippen LogP contribution in [-0.2, 0) is 6.54 Å². The lowest BCUT2D eigenvalue weighted by atomic mass is 10.1. The number of carbonyl (C=O) groups excluding carboxylic acids is 1. The summed E-state index contributed by atoms with van der Waals surface area (Å²) >= 11 is 0. The first-order chi connectivity index (χ1) is 14.4. The molecule has 8 heteroatoms. The molecule has 1 aliphatic rings. The maximum absolute atomic E-state index is 13.5. The Hall–Kier alpha value is -3.29. The van der Waals surface area contributed by atoms with E-state index in [1.807, 2.05) is 42.1 Å². The largest absolute Gasteiger partial charge is 0.350 e. The van der Waals surface area contributed by atoms with Gasteiger partial charge in [-0.1, -0.05) is 6.08 Å². The second kappa shape index (κ2) is 7.85. The smallest absolute Gasteiger partial charge is 0.274 e. The van der Waals surface area contributed by atoms with Crippen molar-refractivity contribution in [3.05, 3.63) is 66.9 Å². The van der Waals surface area contributed by atoms with Crippen LogP contribution >= 0.6 is 0 Å². The number of rotatable bonds is 5. The van der Waals surface area contributed by atoms with Crippen molar-refractivity contribution in [3.8, 4) is 16.9 Å². The van der Waals surface area contributed by atoms with Crippen LogP contribution in [0.15, 0.2) is 55.5 Å². The summed E-state index contributed by atoms with van der Waals surface area (Å²) in [6.45, 7) is 6.35. The molecule has 0 N–H and O–H groups in total. The molecule has 6 nitrogen and oxygen atoms in total. The van der Waals surface area contributed by atoms with Crippen molar-refractivity contribution in [1.29, 1.82) is 0 Å². The molecule has 1 aliphatic heterocycles. The van der Waals surface area contributed by atoms with E-state index in [4.69, 9.17) is 0 Å². The van der Waals surface area contributed by atoms with Crippen molar-refractivity contribution >= 4 is 5.91 Å². The van der Waals surface area contributed by atoms with Crippen molar-refractivity contribution < 1.29 is 13.6 Å². The van der Waals surface area contributed by atoms with Gasteiger partial charge in [0, 0.05) is 56.1 Å². The molecule has 0 saturated carbocycles. The van der Waals surface area contributed by atoms with E-state index in [1.165, 1.54) is 4.90 Å². The first-order valence-electron chi connectivity index (χ1n) is 9.83. The molecule has 0 unspecified atom stereocenters. The zero-order valence-electron chi connectivity index (χ0n) is 16.8. The first-order valence-corrected chi connectivity index (χ1v) is 9.83. The fraction of sp³-hybridized carbons (Fsp3) is 0.318. The average molecular weight is 411 g/mol.